The molecule has 6 nitrogen and oxygen atoms in total. The minimum atomic E-state index is -3.43. The Morgan fingerprint density at radius 3 is 2.15 bits per heavy atom. The largest absolute Gasteiger partial charge is 0.349 e. The van der Waals surface area contributed by atoms with Crippen molar-refractivity contribution in [3.63, 3.8) is 0 Å². The first kappa shape index (κ1) is 19.3. The molecule has 0 saturated carbocycles. The molecule has 0 atom stereocenters. The summed E-state index contributed by atoms with van der Waals surface area (Å²) in [5.41, 5.74) is 0.511. The molecule has 144 valence electrons. The van der Waals surface area contributed by atoms with E-state index in [4.69, 9.17) is 0 Å². The van der Waals surface area contributed by atoms with Crippen LogP contribution in [0.2, 0.25) is 0 Å². The van der Waals surface area contributed by atoms with Gasteiger partial charge in [-0.1, -0.05) is 0 Å². The summed E-state index contributed by atoms with van der Waals surface area (Å²) in [5, 5.41) is 3.08. The maximum absolute atomic E-state index is 12.5. The maximum Gasteiger partial charge on any atom is 0.251 e. The van der Waals surface area contributed by atoms with E-state index in [9.17, 15) is 13.2 Å². The van der Waals surface area contributed by atoms with Crippen LogP contribution in [0.3, 0.4) is 0 Å². The van der Waals surface area contributed by atoms with Gasteiger partial charge in [-0.15, -0.1) is 0 Å². The number of nitrogens with one attached hydrogen (secondary N) is 1. The number of hydrogen-bond donors (Lipinski definition) is 1. The standard InChI is InChI=1S/C19H29N3O3S/c1-15(2)21-13-9-17(10-14-21)20-19(23)16-5-7-18(8-6-16)26(24,25)22-11-3-4-12-22/h5-8,15,17H,3-4,9-14H2,1-2H3,(H,20,23). The molecule has 0 unspecified atom stereocenters. The van der Waals surface area contributed by atoms with Gasteiger partial charge in [-0.2, -0.15) is 4.31 Å². The van der Waals surface area contributed by atoms with E-state index in [0.717, 1.165) is 38.8 Å². The Morgan fingerprint density at radius 1 is 1.04 bits per heavy atom. The van der Waals surface area contributed by atoms with Crippen LogP contribution in [0.4, 0.5) is 0 Å². The van der Waals surface area contributed by atoms with E-state index in [2.05, 4.69) is 24.1 Å². The van der Waals surface area contributed by atoms with Gasteiger partial charge in [0, 0.05) is 43.8 Å². The molecule has 3 rings (SSSR count). The first-order valence-corrected chi connectivity index (χ1v) is 11.0. The van der Waals surface area contributed by atoms with E-state index in [0.29, 0.717) is 24.7 Å². The molecule has 1 aromatic carbocycles. The number of rotatable bonds is 5. The molecule has 26 heavy (non-hydrogen) atoms. The molecule has 2 saturated heterocycles. The van der Waals surface area contributed by atoms with E-state index in [1.807, 2.05) is 0 Å². The second-order valence-electron chi connectivity index (χ2n) is 7.51. The Labute approximate surface area is 156 Å². The van der Waals surface area contributed by atoms with E-state index in [1.165, 1.54) is 4.31 Å². The number of carbonyl (C=O) groups excluding carboxylic acids is 1. The Morgan fingerprint density at radius 2 is 1.62 bits per heavy atom. The maximum atomic E-state index is 12.5. The van der Waals surface area contributed by atoms with Gasteiger partial charge in [0.1, 0.15) is 0 Å². The number of nitrogens with zero attached hydrogens (tertiary/aromatic N) is 2. The fourth-order valence-corrected chi connectivity index (χ4v) is 5.20. The summed E-state index contributed by atoms with van der Waals surface area (Å²) in [4.78, 5) is 15.1. The minimum Gasteiger partial charge on any atom is -0.349 e. The zero-order valence-electron chi connectivity index (χ0n) is 15.6. The van der Waals surface area contributed by atoms with Crippen LogP contribution in [0, 0.1) is 0 Å². The lowest BCUT2D eigenvalue weighted by Crippen LogP contribution is -2.46. The molecule has 1 aromatic rings. The predicted molar refractivity (Wildman–Crippen MR) is 102 cm³/mol. The number of amides is 1. The van der Waals surface area contributed by atoms with Gasteiger partial charge in [-0.25, -0.2) is 8.42 Å². The Balaban J connectivity index is 1.59. The normalized spacial score (nSPS) is 20.6. The van der Waals surface area contributed by atoms with Crippen LogP contribution in [-0.2, 0) is 10.0 Å². The quantitative estimate of drug-likeness (QED) is 0.850. The zero-order valence-corrected chi connectivity index (χ0v) is 16.5. The van der Waals surface area contributed by atoms with Gasteiger partial charge < -0.3 is 10.2 Å². The SMILES string of the molecule is CC(C)N1CCC(NC(=O)c2ccc(S(=O)(=O)N3CCCC3)cc2)CC1. The monoisotopic (exact) mass is 379 g/mol. The summed E-state index contributed by atoms with van der Waals surface area (Å²) in [7, 11) is -3.43. The summed E-state index contributed by atoms with van der Waals surface area (Å²) in [6.07, 6.45) is 3.72. The van der Waals surface area contributed by atoms with E-state index < -0.39 is 10.0 Å². The Hall–Kier alpha value is -1.44. The molecule has 0 aromatic heterocycles. The molecule has 1 N–H and O–H groups in total. The van der Waals surface area contributed by atoms with Gasteiger partial charge in [-0.3, -0.25) is 4.79 Å². The van der Waals surface area contributed by atoms with Crippen LogP contribution >= 0.6 is 0 Å². The molecule has 2 fully saturated rings. The van der Waals surface area contributed by atoms with Crippen molar-refractivity contribution in [1.29, 1.82) is 0 Å². The van der Waals surface area contributed by atoms with Crippen molar-refractivity contribution in [2.24, 2.45) is 0 Å². The lowest BCUT2D eigenvalue weighted by atomic mass is 10.0. The third-order valence-electron chi connectivity index (χ3n) is 5.41. The highest BCUT2D eigenvalue weighted by molar-refractivity contribution is 7.89. The van der Waals surface area contributed by atoms with Crippen molar-refractivity contribution in [2.45, 2.75) is 56.5 Å². The van der Waals surface area contributed by atoms with Gasteiger partial charge in [0.25, 0.3) is 5.91 Å². The number of piperidine rings is 1. The fraction of sp³-hybridized carbons (Fsp3) is 0.632. The summed E-state index contributed by atoms with van der Waals surface area (Å²) < 4.78 is 26.6. The van der Waals surface area contributed by atoms with Gasteiger partial charge in [-0.05, 0) is 63.8 Å². The van der Waals surface area contributed by atoms with Crippen LogP contribution in [0.15, 0.2) is 29.2 Å². The zero-order chi connectivity index (χ0) is 18.7. The van der Waals surface area contributed by atoms with Crippen molar-refractivity contribution in [3.8, 4) is 0 Å². The number of benzene rings is 1. The van der Waals surface area contributed by atoms with Crippen LogP contribution in [0.25, 0.3) is 0 Å². The van der Waals surface area contributed by atoms with Gasteiger partial charge in [0.2, 0.25) is 10.0 Å². The van der Waals surface area contributed by atoms with E-state index >= 15 is 0 Å². The van der Waals surface area contributed by atoms with Crippen molar-refractivity contribution < 1.29 is 13.2 Å². The van der Waals surface area contributed by atoms with E-state index in [1.54, 1.807) is 24.3 Å². The molecule has 2 heterocycles. The molecule has 2 aliphatic heterocycles. The second kappa shape index (κ2) is 8.06. The third-order valence-corrected chi connectivity index (χ3v) is 7.33. The van der Waals surface area contributed by atoms with E-state index in [-0.39, 0.29) is 16.8 Å². The third kappa shape index (κ3) is 4.27. The van der Waals surface area contributed by atoms with Crippen LogP contribution in [-0.4, -0.2) is 61.8 Å². The first-order chi connectivity index (χ1) is 12.4. The Bertz CT molecular complexity index is 717. The highest BCUT2D eigenvalue weighted by Gasteiger charge is 2.27. The number of likely N-dealkylation sites (tertiary alicyclic amines) is 1. The van der Waals surface area contributed by atoms with Crippen molar-refractivity contribution in [1.82, 2.24) is 14.5 Å². The minimum absolute atomic E-state index is 0.127. The number of carbonyl (C=O) groups is 1. The van der Waals surface area contributed by atoms with Crippen LogP contribution in [0.5, 0.6) is 0 Å². The average Bonchev–Trinajstić information content (AvgIpc) is 3.18. The average molecular weight is 380 g/mol. The molecular formula is C19H29N3O3S. The Kier molecular flexibility index (Phi) is 5.99. The first-order valence-electron chi connectivity index (χ1n) is 9.53. The van der Waals surface area contributed by atoms with Gasteiger partial charge >= 0.3 is 0 Å². The molecule has 7 heteroatoms. The van der Waals surface area contributed by atoms with Crippen LogP contribution < -0.4 is 5.32 Å². The van der Waals surface area contributed by atoms with Gasteiger partial charge in [0.05, 0.1) is 4.90 Å². The lowest BCUT2D eigenvalue weighted by Gasteiger charge is -2.34. The summed E-state index contributed by atoms with van der Waals surface area (Å²) in [6, 6.07) is 7.04. The lowest BCUT2D eigenvalue weighted by molar-refractivity contribution is 0.0900. The molecule has 0 aliphatic carbocycles. The molecule has 0 spiro atoms. The summed E-state index contributed by atoms with van der Waals surface area (Å²) >= 11 is 0. The molecule has 0 radical (unpaired) electrons. The summed E-state index contributed by atoms with van der Waals surface area (Å²) in [5.74, 6) is -0.127. The molecule has 1 amide bonds. The highest BCUT2D eigenvalue weighted by Crippen LogP contribution is 2.21. The number of hydrogen-bond acceptors (Lipinski definition) is 4. The fourth-order valence-electron chi connectivity index (χ4n) is 3.68. The van der Waals surface area contributed by atoms with Crippen molar-refractivity contribution >= 4 is 15.9 Å². The van der Waals surface area contributed by atoms with Crippen molar-refractivity contribution in [3.05, 3.63) is 29.8 Å². The second-order valence-corrected chi connectivity index (χ2v) is 9.45. The smallest absolute Gasteiger partial charge is 0.251 e. The van der Waals surface area contributed by atoms with Crippen LogP contribution in [0.1, 0.15) is 49.9 Å². The summed E-state index contributed by atoms with van der Waals surface area (Å²) in [6.45, 7) is 7.54. The molecule has 2 aliphatic rings. The van der Waals surface area contributed by atoms with Gasteiger partial charge in [0.15, 0.2) is 0 Å². The predicted octanol–water partition coefficient (Wildman–Crippen LogP) is 2.07. The molecule has 0 bridgehead atoms. The highest BCUT2D eigenvalue weighted by atomic mass is 32.2. The molecular weight excluding hydrogens is 350 g/mol. The van der Waals surface area contributed by atoms with Crippen molar-refractivity contribution in [2.75, 3.05) is 26.2 Å². The topological polar surface area (TPSA) is 69.7 Å². The number of sulfonamides is 1.